The molecule has 0 atom stereocenters. The summed E-state index contributed by atoms with van der Waals surface area (Å²) in [6.07, 6.45) is 7.13. The first kappa shape index (κ1) is 15.7. The molecule has 0 spiro atoms. The van der Waals surface area contributed by atoms with E-state index in [1.807, 2.05) is 0 Å². The number of benzene rings is 1. The van der Waals surface area contributed by atoms with Gasteiger partial charge >= 0.3 is 0 Å². The second kappa shape index (κ2) is 7.34. The first-order valence-corrected chi connectivity index (χ1v) is 7.88. The zero-order valence-electron chi connectivity index (χ0n) is 13.0. The average molecular weight is 290 g/mol. The van der Waals surface area contributed by atoms with Crippen LogP contribution in [0.15, 0.2) is 18.2 Å². The van der Waals surface area contributed by atoms with Gasteiger partial charge in [-0.3, -0.25) is 4.79 Å². The molecule has 0 aromatic heterocycles. The number of rotatable bonds is 5. The lowest BCUT2D eigenvalue weighted by molar-refractivity contribution is 0.0921. The topological polar surface area (TPSA) is 64.3 Å². The van der Waals surface area contributed by atoms with Crippen LogP contribution in [0.5, 0.6) is 5.75 Å². The number of nitrogen functional groups attached to an aromatic ring is 1. The molecule has 1 amide bonds. The fourth-order valence-electron chi connectivity index (χ4n) is 3.13. The Balaban J connectivity index is 1.93. The third-order valence-electron chi connectivity index (χ3n) is 4.38. The Morgan fingerprint density at radius 3 is 2.67 bits per heavy atom. The third kappa shape index (κ3) is 4.13. The highest BCUT2D eigenvalue weighted by atomic mass is 16.5. The number of ether oxygens (including phenoxy) is 1. The van der Waals surface area contributed by atoms with Crippen LogP contribution in [0.2, 0.25) is 0 Å². The normalized spacial score (nSPS) is 21.8. The monoisotopic (exact) mass is 290 g/mol. The maximum Gasteiger partial charge on any atom is 0.253 e. The summed E-state index contributed by atoms with van der Waals surface area (Å²) < 4.78 is 5.16. The van der Waals surface area contributed by atoms with Crippen molar-refractivity contribution in [3.05, 3.63) is 23.8 Å². The number of carbonyl (C=O) groups is 1. The standard InChI is InChI=1S/C17H26N2O2/c1-3-4-12-5-7-13(8-6-12)19-17(20)15-11-14(21-2)9-10-16(15)18/h9-13H,3-8,18H2,1-2H3,(H,19,20). The van der Waals surface area contributed by atoms with E-state index < -0.39 is 0 Å². The molecule has 0 saturated heterocycles. The van der Waals surface area contributed by atoms with E-state index in [-0.39, 0.29) is 11.9 Å². The minimum atomic E-state index is -0.0923. The molecule has 3 N–H and O–H groups in total. The molecule has 0 radical (unpaired) electrons. The number of carbonyl (C=O) groups excluding carboxylic acids is 1. The van der Waals surface area contributed by atoms with Crippen LogP contribution in [-0.4, -0.2) is 19.1 Å². The smallest absolute Gasteiger partial charge is 0.253 e. The van der Waals surface area contributed by atoms with E-state index in [4.69, 9.17) is 10.5 Å². The summed E-state index contributed by atoms with van der Waals surface area (Å²) >= 11 is 0. The fraction of sp³-hybridized carbons (Fsp3) is 0.588. The van der Waals surface area contributed by atoms with Crippen LogP contribution in [0.25, 0.3) is 0 Å². The summed E-state index contributed by atoms with van der Waals surface area (Å²) in [7, 11) is 1.59. The lowest BCUT2D eigenvalue weighted by atomic mass is 9.83. The zero-order chi connectivity index (χ0) is 15.2. The Labute approximate surface area is 127 Å². The van der Waals surface area contributed by atoms with Crippen molar-refractivity contribution in [1.82, 2.24) is 5.32 Å². The van der Waals surface area contributed by atoms with E-state index in [1.165, 1.54) is 25.7 Å². The first-order chi connectivity index (χ1) is 10.1. The highest BCUT2D eigenvalue weighted by Crippen LogP contribution is 2.28. The summed E-state index contributed by atoms with van der Waals surface area (Å²) in [5, 5.41) is 3.12. The number of amides is 1. The van der Waals surface area contributed by atoms with E-state index in [9.17, 15) is 4.79 Å². The number of hydrogen-bond acceptors (Lipinski definition) is 3. The minimum Gasteiger partial charge on any atom is -0.497 e. The lowest BCUT2D eigenvalue weighted by Gasteiger charge is -2.29. The van der Waals surface area contributed by atoms with Gasteiger partial charge in [-0.2, -0.15) is 0 Å². The van der Waals surface area contributed by atoms with E-state index in [0.29, 0.717) is 17.0 Å². The number of anilines is 1. The highest BCUT2D eigenvalue weighted by Gasteiger charge is 2.23. The lowest BCUT2D eigenvalue weighted by Crippen LogP contribution is -2.37. The van der Waals surface area contributed by atoms with Gasteiger partial charge < -0.3 is 15.8 Å². The minimum absolute atomic E-state index is 0.0923. The Bertz CT molecular complexity index is 480. The third-order valence-corrected chi connectivity index (χ3v) is 4.38. The van der Waals surface area contributed by atoms with Crippen molar-refractivity contribution in [2.24, 2.45) is 5.92 Å². The van der Waals surface area contributed by atoms with Gasteiger partial charge in [0.2, 0.25) is 0 Å². The summed E-state index contributed by atoms with van der Waals surface area (Å²) in [6.45, 7) is 2.24. The van der Waals surface area contributed by atoms with Crippen LogP contribution >= 0.6 is 0 Å². The molecule has 0 heterocycles. The van der Waals surface area contributed by atoms with Crippen LogP contribution in [-0.2, 0) is 0 Å². The first-order valence-electron chi connectivity index (χ1n) is 7.88. The van der Waals surface area contributed by atoms with Gasteiger partial charge in [-0.25, -0.2) is 0 Å². The van der Waals surface area contributed by atoms with Crippen molar-refractivity contribution in [3.63, 3.8) is 0 Å². The van der Waals surface area contributed by atoms with Crippen molar-refractivity contribution >= 4 is 11.6 Å². The number of nitrogens with two attached hydrogens (primary N) is 1. The van der Waals surface area contributed by atoms with Gasteiger partial charge in [0, 0.05) is 11.7 Å². The van der Waals surface area contributed by atoms with Crippen LogP contribution in [0, 0.1) is 5.92 Å². The molecule has 0 unspecified atom stereocenters. The van der Waals surface area contributed by atoms with Crippen molar-refractivity contribution in [2.45, 2.75) is 51.5 Å². The van der Waals surface area contributed by atoms with E-state index in [2.05, 4.69) is 12.2 Å². The Hall–Kier alpha value is -1.71. The predicted octanol–water partition coefficient (Wildman–Crippen LogP) is 3.37. The molecule has 1 aromatic carbocycles. The van der Waals surface area contributed by atoms with Crippen LogP contribution < -0.4 is 15.8 Å². The van der Waals surface area contributed by atoms with Gasteiger partial charge in [0.1, 0.15) is 5.75 Å². The highest BCUT2D eigenvalue weighted by molar-refractivity contribution is 5.99. The van der Waals surface area contributed by atoms with Gasteiger partial charge in [-0.1, -0.05) is 19.8 Å². The Kier molecular flexibility index (Phi) is 5.48. The number of hydrogen-bond donors (Lipinski definition) is 2. The average Bonchev–Trinajstić information content (AvgIpc) is 2.50. The molecule has 4 nitrogen and oxygen atoms in total. The van der Waals surface area contributed by atoms with Gasteiger partial charge in [0.25, 0.3) is 5.91 Å². The van der Waals surface area contributed by atoms with Crippen molar-refractivity contribution in [2.75, 3.05) is 12.8 Å². The van der Waals surface area contributed by atoms with Crippen molar-refractivity contribution < 1.29 is 9.53 Å². The molecule has 1 aromatic rings. The zero-order valence-corrected chi connectivity index (χ0v) is 13.0. The van der Waals surface area contributed by atoms with Crippen molar-refractivity contribution in [3.8, 4) is 5.75 Å². The molecule has 116 valence electrons. The molecule has 4 heteroatoms. The van der Waals surface area contributed by atoms with Gasteiger partial charge in [0.05, 0.1) is 12.7 Å². The molecule has 2 rings (SSSR count). The van der Waals surface area contributed by atoms with Crippen molar-refractivity contribution in [1.29, 1.82) is 0 Å². The summed E-state index contributed by atoms with van der Waals surface area (Å²) in [5.74, 6) is 1.40. The van der Waals surface area contributed by atoms with E-state index >= 15 is 0 Å². The second-order valence-electron chi connectivity index (χ2n) is 5.93. The molecular formula is C17H26N2O2. The molecule has 0 bridgehead atoms. The SMILES string of the molecule is CCCC1CCC(NC(=O)c2cc(OC)ccc2N)CC1. The van der Waals surface area contributed by atoms with Gasteiger partial charge in [-0.05, 0) is 49.8 Å². The fourth-order valence-corrected chi connectivity index (χ4v) is 3.13. The largest absolute Gasteiger partial charge is 0.497 e. The number of nitrogens with one attached hydrogen (secondary N) is 1. The molecule has 1 aliphatic rings. The Morgan fingerprint density at radius 2 is 2.05 bits per heavy atom. The summed E-state index contributed by atoms with van der Waals surface area (Å²) in [5.41, 5.74) is 6.89. The molecular weight excluding hydrogens is 264 g/mol. The summed E-state index contributed by atoms with van der Waals surface area (Å²) in [4.78, 5) is 12.4. The Morgan fingerprint density at radius 1 is 1.33 bits per heavy atom. The summed E-state index contributed by atoms with van der Waals surface area (Å²) in [6, 6.07) is 5.46. The number of methoxy groups -OCH3 is 1. The molecule has 1 aliphatic carbocycles. The van der Waals surface area contributed by atoms with E-state index in [0.717, 1.165) is 18.8 Å². The second-order valence-corrected chi connectivity index (χ2v) is 5.93. The maximum absolute atomic E-state index is 12.4. The molecule has 1 saturated carbocycles. The molecule has 0 aliphatic heterocycles. The van der Waals surface area contributed by atoms with Gasteiger partial charge in [-0.15, -0.1) is 0 Å². The van der Waals surface area contributed by atoms with Crippen LogP contribution in [0.1, 0.15) is 55.8 Å². The quantitative estimate of drug-likeness (QED) is 0.817. The molecule has 21 heavy (non-hydrogen) atoms. The predicted molar refractivity (Wildman–Crippen MR) is 85.5 cm³/mol. The maximum atomic E-state index is 12.4. The van der Waals surface area contributed by atoms with Crippen LogP contribution in [0.4, 0.5) is 5.69 Å². The molecule has 1 fully saturated rings. The van der Waals surface area contributed by atoms with Crippen LogP contribution in [0.3, 0.4) is 0 Å². The van der Waals surface area contributed by atoms with E-state index in [1.54, 1.807) is 25.3 Å². The van der Waals surface area contributed by atoms with Gasteiger partial charge in [0.15, 0.2) is 0 Å².